The molecule has 1 aliphatic heterocycles. The minimum Gasteiger partial charge on any atom is -0.379 e. The van der Waals surface area contributed by atoms with E-state index in [1.807, 2.05) is 20.9 Å². The summed E-state index contributed by atoms with van der Waals surface area (Å²) in [6.07, 6.45) is 0.553. The SMILES string of the molecule is Cc1nn(C)c(C)c1NC(=O)C1(N)CCOC1. The first-order chi connectivity index (χ1) is 7.94. The van der Waals surface area contributed by atoms with Crippen LogP contribution in [0.3, 0.4) is 0 Å². The van der Waals surface area contributed by atoms with Crippen LogP contribution in [0.15, 0.2) is 0 Å². The zero-order chi connectivity index (χ0) is 12.6. The maximum absolute atomic E-state index is 12.1. The number of aromatic nitrogens is 2. The van der Waals surface area contributed by atoms with E-state index in [1.165, 1.54) is 0 Å². The van der Waals surface area contributed by atoms with Crippen molar-refractivity contribution in [3.8, 4) is 0 Å². The second kappa shape index (κ2) is 4.12. The van der Waals surface area contributed by atoms with Gasteiger partial charge in [0.15, 0.2) is 0 Å². The maximum Gasteiger partial charge on any atom is 0.247 e. The number of nitrogens with one attached hydrogen (secondary N) is 1. The topological polar surface area (TPSA) is 82.2 Å². The van der Waals surface area contributed by atoms with Crippen molar-refractivity contribution in [2.45, 2.75) is 25.8 Å². The second-order valence-electron chi connectivity index (χ2n) is 4.58. The average Bonchev–Trinajstić information content (AvgIpc) is 2.80. The Hall–Kier alpha value is -1.40. The van der Waals surface area contributed by atoms with Crippen molar-refractivity contribution in [3.05, 3.63) is 11.4 Å². The standard InChI is InChI=1S/C11H18N4O2/c1-7-9(8(2)15(3)14-7)13-10(16)11(12)4-5-17-6-11/h4-6,12H2,1-3H3,(H,13,16). The van der Waals surface area contributed by atoms with Crippen molar-refractivity contribution in [2.75, 3.05) is 18.5 Å². The molecule has 1 aliphatic rings. The molecule has 0 spiro atoms. The highest BCUT2D eigenvalue weighted by molar-refractivity contribution is 5.99. The van der Waals surface area contributed by atoms with Gasteiger partial charge in [-0.1, -0.05) is 0 Å². The van der Waals surface area contributed by atoms with Gasteiger partial charge in [0.25, 0.3) is 0 Å². The number of aryl methyl sites for hydroxylation is 2. The van der Waals surface area contributed by atoms with Gasteiger partial charge in [0, 0.05) is 13.7 Å². The number of hydrogen-bond donors (Lipinski definition) is 2. The Morgan fingerprint density at radius 1 is 1.59 bits per heavy atom. The van der Waals surface area contributed by atoms with Crippen LogP contribution in [0.2, 0.25) is 0 Å². The van der Waals surface area contributed by atoms with Gasteiger partial charge in [0.05, 0.1) is 23.7 Å². The number of carbonyl (C=O) groups excluding carboxylic acids is 1. The summed E-state index contributed by atoms with van der Waals surface area (Å²) < 4.78 is 6.91. The van der Waals surface area contributed by atoms with E-state index < -0.39 is 5.54 Å². The zero-order valence-corrected chi connectivity index (χ0v) is 10.4. The third-order valence-electron chi connectivity index (χ3n) is 3.25. The predicted octanol–water partition coefficient (Wildman–Crippen LogP) is 0.0932. The Bertz CT molecular complexity index is 447. The monoisotopic (exact) mass is 238 g/mol. The molecule has 2 rings (SSSR count). The molecule has 0 saturated carbocycles. The summed E-state index contributed by atoms with van der Waals surface area (Å²) in [5, 5.41) is 7.10. The number of nitrogens with two attached hydrogens (primary N) is 1. The summed E-state index contributed by atoms with van der Waals surface area (Å²) in [5.74, 6) is -0.200. The Labute approximate surface area is 100 Å². The van der Waals surface area contributed by atoms with E-state index >= 15 is 0 Å². The highest BCUT2D eigenvalue weighted by Gasteiger charge is 2.38. The number of hydrogen-bond acceptors (Lipinski definition) is 4. The van der Waals surface area contributed by atoms with Gasteiger partial charge in [-0.05, 0) is 20.3 Å². The van der Waals surface area contributed by atoms with Gasteiger partial charge in [0.1, 0.15) is 5.54 Å². The number of ether oxygens (including phenoxy) is 1. The fourth-order valence-corrected chi connectivity index (χ4v) is 1.95. The van der Waals surface area contributed by atoms with Crippen molar-refractivity contribution >= 4 is 11.6 Å². The molecule has 0 aromatic carbocycles. The Morgan fingerprint density at radius 3 is 2.76 bits per heavy atom. The first-order valence-corrected chi connectivity index (χ1v) is 5.62. The van der Waals surface area contributed by atoms with E-state index in [-0.39, 0.29) is 12.5 Å². The van der Waals surface area contributed by atoms with Crippen LogP contribution in [0.5, 0.6) is 0 Å². The predicted molar refractivity (Wildman–Crippen MR) is 63.7 cm³/mol. The molecule has 6 nitrogen and oxygen atoms in total. The van der Waals surface area contributed by atoms with Crippen molar-refractivity contribution in [2.24, 2.45) is 12.8 Å². The van der Waals surface area contributed by atoms with Crippen molar-refractivity contribution < 1.29 is 9.53 Å². The Kier molecular flexibility index (Phi) is 2.92. The molecule has 3 N–H and O–H groups in total. The molecule has 94 valence electrons. The smallest absolute Gasteiger partial charge is 0.247 e. The summed E-state index contributed by atoms with van der Waals surface area (Å²) >= 11 is 0. The molecule has 1 aromatic rings. The molecule has 1 unspecified atom stereocenters. The van der Waals surface area contributed by atoms with E-state index in [1.54, 1.807) is 4.68 Å². The zero-order valence-electron chi connectivity index (χ0n) is 10.4. The third kappa shape index (κ3) is 2.05. The molecule has 1 fully saturated rings. The van der Waals surface area contributed by atoms with E-state index in [9.17, 15) is 4.79 Å². The number of anilines is 1. The molecular formula is C11H18N4O2. The fraction of sp³-hybridized carbons (Fsp3) is 0.636. The highest BCUT2D eigenvalue weighted by atomic mass is 16.5. The maximum atomic E-state index is 12.1. The lowest BCUT2D eigenvalue weighted by atomic mass is 9.99. The number of carbonyl (C=O) groups is 1. The van der Waals surface area contributed by atoms with Crippen LogP contribution in [-0.2, 0) is 16.6 Å². The molecule has 0 aliphatic carbocycles. The molecule has 6 heteroatoms. The number of rotatable bonds is 2. The van der Waals surface area contributed by atoms with Gasteiger partial charge >= 0.3 is 0 Å². The molecule has 1 atom stereocenters. The van der Waals surface area contributed by atoms with Crippen LogP contribution >= 0.6 is 0 Å². The molecule has 0 bridgehead atoms. The summed E-state index contributed by atoms with van der Waals surface area (Å²) in [7, 11) is 1.84. The molecular weight excluding hydrogens is 220 g/mol. The summed E-state index contributed by atoms with van der Waals surface area (Å²) in [6.45, 7) is 4.58. The van der Waals surface area contributed by atoms with E-state index in [0.717, 1.165) is 17.1 Å². The van der Waals surface area contributed by atoms with Gasteiger partial charge < -0.3 is 15.8 Å². The largest absolute Gasteiger partial charge is 0.379 e. The van der Waals surface area contributed by atoms with Crippen LogP contribution in [-0.4, -0.2) is 34.4 Å². The third-order valence-corrected chi connectivity index (χ3v) is 3.25. The Balaban J connectivity index is 2.18. The second-order valence-corrected chi connectivity index (χ2v) is 4.58. The molecule has 2 heterocycles. The van der Waals surface area contributed by atoms with Gasteiger partial charge in [-0.2, -0.15) is 5.10 Å². The van der Waals surface area contributed by atoms with Crippen LogP contribution in [0.25, 0.3) is 0 Å². The number of amides is 1. The van der Waals surface area contributed by atoms with Crippen molar-refractivity contribution in [1.82, 2.24) is 9.78 Å². The van der Waals surface area contributed by atoms with E-state index in [0.29, 0.717) is 13.0 Å². The van der Waals surface area contributed by atoms with Crippen LogP contribution in [0.1, 0.15) is 17.8 Å². The Morgan fingerprint density at radius 2 is 2.29 bits per heavy atom. The lowest BCUT2D eigenvalue weighted by Gasteiger charge is -2.20. The normalized spacial score (nSPS) is 24.0. The van der Waals surface area contributed by atoms with Gasteiger partial charge in [-0.15, -0.1) is 0 Å². The highest BCUT2D eigenvalue weighted by Crippen LogP contribution is 2.22. The summed E-state index contributed by atoms with van der Waals surface area (Å²) in [6, 6.07) is 0. The molecule has 17 heavy (non-hydrogen) atoms. The summed E-state index contributed by atoms with van der Waals surface area (Å²) in [5.41, 5.74) is 7.54. The van der Waals surface area contributed by atoms with Crippen LogP contribution < -0.4 is 11.1 Å². The molecule has 0 radical (unpaired) electrons. The number of nitrogens with zero attached hydrogens (tertiary/aromatic N) is 2. The van der Waals surface area contributed by atoms with Crippen molar-refractivity contribution in [3.63, 3.8) is 0 Å². The van der Waals surface area contributed by atoms with Gasteiger partial charge in [-0.3, -0.25) is 9.48 Å². The first kappa shape index (κ1) is 12.1. The summed E-state index contributed by atoms with van der Waals surface area (Å²) in [4.78, 5) is 12.1. The lowest BCUT2D eigenvalue weighted by molar-refractivity contribution is -0.121. The minimum atomic E-state index is -0.908. The van der Waals surface area contributed by atoms with Crippen molar-refractivity contribution in [1.29, 1.82) is 0 Å². The first-order valence-electron chi connectivity index (χ1n) is 5.62. The molecule has 1 aromatic heterocycles. The van der Waals surface area contributed by atoms with Crippen LogP contribution in [0, 0.1) is 13.8 Å². The quantitative estimate of drug-likeness (QED) is 0.765. The molecule has 1 saturated heterocycles. The van der Waals surface area contributed by atoms with E-state index in [2.05, 4.69) is 10.4 Å². The van der Waals surface area contributed by atoms with Gasteiger partial charge in [0.2, 0.25) is 5.91 Å². The average molecular weight is 238 g/mol. The molecule has 1 amide bonds. The van der Waals surface area contributed by atoms with Crippen LogP contribution in [0.4, 0.5) is 5.69 Å². The van der Waals surface area contributed by atoms with E-state index in [4.69, 9.17) is 10.5 Å². The minimum absolute atomic E-state index is 0.200. The van der Waals surface area contributed by atoms with Gasteiger partial charge in [-0.25, -0.2) is 0 Å². The fourth-order valence-electron chi connectivity index (χ4n) is 1.95. The lowest BCUT2D eigenvalue weighted by Crippen LogP contribution is -2.51.